The number of hydrogen-bond acceptors (Lipinski definition) is 4. The van der Waals surface area contributed by atoms with Gasteiger partial charge in [0.15, 0.2) is 0 Å². The van der Waals surface area contributed by atoms with Crippen LogP contribution in [0, 0.1) is 5.82 Å². The average molecular weight is 506 g/mol. The molecule has 3 aliphatic heterocycles. The number of hydrogen-bond donors (Lipinski definition) is 0. The predicted octanol–water partition coefficient (Wildman–Crippen LogP) is 4.25. The van der Waals surface area contributed by atoms with Crippen molar-refractivity contribution in [3.8, 4) is 0 Å². The fraction of sp³-hybridized carbons (Fsp3) is 0.500. The van der Waals surface area contributed by atoms with Crippen LogP contribution in [-0.4, -0.2) is 78.1 Å². The van der Waals surface area contributed by atoms with E-state index in [1.165, 1.54) is 25.0 Å². The van der Waals surface area contributed by atoms with Gasteiger partial charge in [0.05, 0.1) is 47.8 Å². The van der Waals surface area contributed by atoms with Gasteiger partial charge in [0, 0.05) is 19.6 Å². The van der Waals surface area contributed by atoms with Crippen LogP contribution in [0.15, 0.2) is 42.5 Å². The third kappa shape index (κ3) is 5.12. The van der Waals surface area contributed by atoms with Gasteiger partial charge in [-0.25, -0.2) is 4.39 Å². The normalized spacial score (nSPS) is 26.0. The molecule has 0 N–H and O–H groups in total. The highest BCUT2D eigenvalue weighted by Gasteiger charge is 2.47. The van der Waals surface area contributed by atoms with Crippen LogP contribution in [0.2, 0.25) is 10.0 Å². The largest absolute Gasteiger partial charge is 0.378 e. The SMILES string of the molecule is O=C(Cc1ccc(Cl)c(Cl)c1)N1CCN(Cc2ccc(F)cc2)[C@@H]2COCC(N3CCCC3)[C@H]21. The molecule has 2 aromatic carbocycles. The third-order valence-corrected chi connectivity index (χ3v) is 8.13. The van der Waals surface area contributed by atoms with E-state index >= 15 is 0 Å². The lowest BCUT2D eigenvalue weighted by Crippen LogP contribution is -2.71. The summed E-state index contributed by atoms with van der Waals surface area (Å²) in [5.41, 5.74) is 1.94. The van der Waals surface area contributed by atoms with Gasteiger partial charge in [-0.3, -0.25) is 14.6 Å². The number of rotatable bonds is 5. The second-order valence-electron chi connectivity index (χ2n) is 9.52. The van der Waals surface area contributed by atoms with Gasteiger partial charge in [-0.15, -0.1) is 0 Å². The van der Waals surface area contributed by atoms with Gasteiger partial charge in [-0.1, -0.05) is 41.4 Å². The van der Waals surface area contributed by atoms with Crippen molar-refractivity contribution in [2.75, 3.05) is 39.4 Å². The van der Waals surface area contributed by atoms with E-state index in [0.29, 0.717) is 42.8 Å². The predicted molar refractivity (Wildman–Crippen MR) is 132 cm³/mol. The Bertz CT molecular complexity index is 1020. The van der Waals surface area contributed by atoms with Gasteiger partial charge >= 0.3 is 0 Å². The Balaban J connectivity index is 1.39. The van der Waals surface area contributed by atoms with E-state index in [1.54, 1.807) is 12.1 Å². The molecule has 0 aromatic heterocycles. The van der Waals surface area contributed by atoms with Crippen molar-refractivity contribution in [2.45, 2.75) is 43.9 Å². The number of piperazine rings is 1. The van der Waals surface area contributed by atoms with Crippen LogP contribution in [0.5, 0.6) is 0 Å². The first-order chi connectivity index (χ1) is 16.5. The Hall–Kier alpha value is -1.70. The number of carbonyl (C=O) groups excluding carboxylic acids is 1. The zero-order valence-corrected chi connectivity index (χ0v) is 20.6. The lowest BCUT2D eigenvalue weighted by Gasteiger charge is -2.54. The maximum absolute atomic E-state index is 13.6. The molecule has 0 saturated carbocycles. The Kier molecular flexibility index (Phi) is 7.42. The Morgan fingerprint density at radius 3 is 2.35 bits per heavy atom. The number of likely N-dealkylation sites (tertiary alicyclic amines) is 1. The van der Waals surface area contributed by atoms with Gasteiger partial charge in [-0.05, 0) is 61.3 Å². The summed E-state index contributed by atoms with van der Waals surface area (Å²) in [5, 5.41) is 0.959. The molecule has 1 amide bonds. The minimum Gasteiger partial charge on any atom is -0.378 e. The summed E-state index contributed by atoms with van der Waals surface area (Å²) in [6.07, 6.45) is 2.67. The van der Waals surface area contributed by atoms with Gasteiger partial charge in [0.1, 0.15) is 5.82 Å². The van der Waals surface area contributed by atoms with Gasteiger partial charge < -0.3 is 9.64 Å². The smallest absolute Gasteiger partial charge is 0.227 e. The Morgan fingerprint density at radius 2 is 1.62 bits per heavy atom. The summed E-state index contributed by atoms with van der Waals surface area (Å²) in [7, 11) is 0. The molecule has 3 atom stereocenters. The zero-order chi connectivity index (χ0) is 23.7. The lowest BCUT2D eigenvalue weighted by atomic mass is 9.90. The molecule has 3 heterocycles. The summed E-state index contributed by atoms with van der Waals surface area (Å²) < 4.78 is 19.5. The highest BCUT2D eigenvalue weighted by molar-refractivity contribution is 6.42. The standard InChI is InChI=1S/C26H30Cl2FN3O2/c27-21-8-5-19(13-22(21)28)14-25(33)32-12-11-31(15-18-3-6-20(29)7-4-18)24-17-34-16-23(26(24)32)30-9-1-2-10-30/h3-8,13,23-24,26H,1-2,9-12,14-17H2/t23?,24-,26-/m1/s1. The highest BCUT2D eigenvalue weighted by atomic mass is 35.5. The van der Waals surface area contributed by atoms with Crippen molar-refractivity contribution in [3.05, 3.63) is 69.5 Å². The first kappa shape index (κ1) is 24.0. The molecule has 0 aliphatic carbocycles. The summed E-state index contributed by atoms with van der Waals surface area (Å²) in [6.45, 7) is 5.45. The highest BCUT2D eigenvalue weighted by Crippen LogP contribution is 2.31. The number of fused-ring (bicyclic) bond motifs is 1. The quantitative estimate of drug-likeness (QED) is 0.608. The zero-order valence-electron chi connectivity index (χ0n) is 19.1. The number of nitrogens with zero attached hydrogens (tertiary/aromatic N) is 3. The molecule has 2 aromatic rings. The van der Waals surface area contributed by atoms with Crippen molar-refractivity contribution in [1.29, 1.82) is 0 Å². The van der Waals surface area contributed by atoms with Crippen LogP contribution in [0.4, 0.5) is 4.39 Å². The molecule has 5 rings (SSSR count). The number of ether oxygens (including phenoxy) is 1. The van der Waals surface area contributed by atoms with Crippen molar-refractivity contribution in [1.82, 2.24) is 14.7 Å². The van der Waals surface area contributed by atoms with Gasteiger partial charge in [0.2, 0.25) is 5.91 Å². The van der Waals surface area contributed by atoms with Crippen molar-refractivity contribution in [2.24, 2.45) is 0 Å². The first-order valence-corrected chi connectivity index (χ1v) is 12.8. The monoisotopic (exact) mass is 505 g/mol. The molecule has 8 heteroatoms. The lowest BCUT2D eigenvalue weighted by molar-refractivity contribution is -0.153. The second kappa shape index (κ2) is 10.5. The first-order valence-electron chi connectivity index (χ1n) is 12.0. The molecular formula is C26H30Cl2FN3O2. The van der Waals surface area contributed by atoms with Crippen molar-refractivity contribution >= 4 is 29.1 Å². The van der Waals surface area contributed by atoms with E-state index in [1.807, 2.05) is 18.2 Å². The topological polar surface area (TPSA) is 36.0 Å². The fourth-order valence-electron chi connectivity index (χ4n) is 5.68. The minimum absolute atomic E-state index is 0.0521. The van der Waals surface area contributed by atoms with E-state index in [9.17, 15) is 9.18 Å². The van der Waals surface area contributed by atoms with Crippen LogP contribution in [0.25, 0.3) is 0 Å². The molecule has 0 radical (unpaired) electrons. The van der Waals surface area contributed by atoms with E-state index in [0.717, 1.165) is 30.8 Å². The maximum Gasteiger partial charge on any atom is 0.227 e. The number of amides is 1. The third-order valence-electron chi connectivity index (χ3n) is 7.39. The summed E-state index contributed by atoms with van der Waals surface area (Å²) >= 11 is 12.3. The summed E-state index contributed by atoms with van der Waals surface area (Å²) in [6, 6.07) is 12.4. The summed E-state index contributed by atoms with van der Waals surface area (Å²) in [5.74, 6) is -0.115. The number of halogens is 3. The molecule has 5 nitrogen and oxygen atoms in total. The van der Waals surface area contributed by atoms with Crippen molar-refractivity contribution in [3.63, 3.8) is 0 Å². The summed E-state index contributed by atoms with van der Waals surface area (Å²) in [4.78, 5) is 20.6. The van der Waals surface area contributed by atoms with Crippen LogP contribution in [0.1, 0.15) is 24.0 Å². The molecule has 1 unspecified atom stereocenters. The second-order valence-corrected chi connectivity index (χ2v) is 10.3. The van der Waals surface area contributed by atoms with E-state index in [2.05, 4.69) is 14.7 Å². The molecule has 0 bridgehead atoms. The van der Waals surface area contributed by atoms with Crippen molar-refractivity contribution < 1.29 is 13.9 Å². The molecule has 3 saturated heterocycles. The number of carbonyl (C=O) groups is 1. The molecule has 34 heavy (non-hydrogen) atoms. The average Bonchev–Trinajstić information content (AvgIpc) is 3.37. The van der Waals surface area contributed by atoms with Gasteiger partial charge in [0.25, 0.3) is 0 Å². The van der Waals surface area contributed by atoms with E-state index in [-0.39, 0.29) is 29.8 Å². The molecular weight excluding hydrogens is 476 g/mol. The number of benzene rings is 2. The maximum atomic E-state index is 13.6. The fourth-order valence-corrected chi connectivity index (χ4v) is 6.00. The molecule has 3 aliphatic rings. The van der Waals surface area contributed by atoms with Gasteiger partial charge in [-0.2, -0.15) is 0 Å². The van der Waals surface area contributed by atoms with Crippen LogP contribution in [-0.2, 0) is 22.5 Å². The molecule has 0 spiro atoms. The Labute approximate surface area is 210 Å². The molecule has 3 fully saturated rings. The van der Waals surface area contributed by atoms with E-state index in [4.69, 9.17) is 27.9 Å². The molecule has 182 valence electrons. The minimum atomic E-state index is -0.227. The van der Waals surface area contributed by atoms with Crippen LogP contribution >= 0.6 is 23.2 Å². The van der Waals surface area contributed by atoms with E-state index < -0.39 is 0 Å². The van der Waals surface area contributed by atoms with Crippen LogP contribution in [0.3, 0.4) is 0 Å². The Morgan fingerprint density at radius 1 is 0.912 bits per heavy atom. The van der Waals surface area contributed by atoms with Crippen LogP contribution < -0.4 is 0 Å².